The molecule has 0 aromatic rings. The minimum Gasteiger partial charge on any atom is -0.449 e. The van der Waals surface area contributed by atoms with Crippen molar-refractivity contribution < 1.29 is 38.8 Å². The molecule has 4 saturated carbocycles. The molecule has 4 N–H and O–H groups in total. The van der Waals surface area contributed by atoms with E-state index in [0.717, 1.165) is 109 Å². The predicted octanol–water partition coefficient (Wildman–Crippen LogP) is 7.43. The van der Waals surface area contributed by atoms with Crippen molar-refractivity contribution in [2.45, 2.75) is 166 Å². The number of likely N-dealkylation sites (tertiary alicyclic amines) is 1. The Hall–Kier alpha value is -2.93. The number of nitrogens with zero attached hydrogens (tertiary/aromatic N) is 2. The molecule has 288 valence electrons. The van der Waals surface area contributed by atoms with Crippen LogP contribution in [0, 0.1) is 23.7 Å². The Morgan fingerprint density at radius 2 is 1.22 bits per heavy atom. The number of carbonyl (C=O) groups is 4. The highest BCUT2D eigenvalue weighted by atomic mass is 17.1. The summed E-state index contributed by atoms with van der Waals surface area (Å²) in [6.07, 6.45) is 21.1. The second-order valence-electron chi connectivity index (χ2n) is 15.8. The monoisotopic (exact) mass is 717 g/mol. The van der Waals surface area contributed by atoms with Gasteiger partial charge in [-0.1, -0.05) is 89.9 Å². The summed E-state index contributed by atoms with van der Waals surface area (Å²) in [6.45, 7) is 0.825. The summed E-state index contributed by atoms with van der Waals surface area (Å²) < 4.78 is 11.0. The number of amides is 5. The third kappa shape index (κ3) is 12.3. The van der Waals surface area contributed by atoms with Gasteiger partial charge >= 0.3 is 18.2 Å². The maximum absolute atomic E-state index is 13.5. The molecule has 0 aromatic carbocycles. The van der Waals surface area contributed by atoms with Crippen molar-refractivity contribution >= 4 is 30.1 Å². The van der Waals surface area contributed by atoms with E-state index < -0.39 is 36.3 Å². The van der Waals surface area contributed by atoms with Crippen LogP contribution in [0.1, 0.15) is 148 Å². The number of β-lactam (4-membered cyclic amide) rings is 1. The topological polar surface area (TPSA) is 168 Å². The summed E-state index contributed by atoms with van der Waals surface area (Å²) in [7, 11) is 0. The Morgan fingerprint density at radius 1 is 0.725 bits per heavy atom. The first-order chi connectivity index (χ1) is 24.9. The molecule has 5 fully saturated rings. The molecule has 4 aliphatic carbocycles. The van der Waals surface area contributed by atoms with Crippen molar-refractivity contribution in [1.82, 2.24) is 20.9 Å². The number of aliphatic imine (C=N–C) groups is 1. The zero-order chi connectivity index (χ0) is 35.8. The Morgan fingerprint density at radius 3 is 1.73 bits per heavy atom. The molecular formula is C38H63N5O8. The van der Waals surface area contributed by atoms with Gasteiger partial charge in [-0.15, -0.1) is 0 Å². The van der Waals surface area contributed by atoms with Crippen LogP contribution in [-0.4, -0.2) is 78.2 Å². The molecule has 13 heteroatoms. The van der Waals surface area contributed by atoms with Gasteiger partial charge in [-0.05, 0) is 75.5 Å². The number of urea groups is 1. The summed E-state index contributed by atoms with van der Waals surface area (Å²) in [5.74, 6) is 0.174. The number of guanidine groups is 1. The highest BCUT2D eigenvalue weighted by Crippen LogP contribution is 2.38. The summed E-state index contributed by atoms with van der Waals surface area (Å²) in [6, 6.07) is -0.953. The van der Waals surface area contributed by atoms with E-state index in [9.17, 15) is 24.4 Å². The molecule has 1 heterocycles. The smallest absolute Gasteiger partial charge is 0.413 e. The average Bonchev–Trinajstić information content (AvgIpc) is 3.16. The number of nitrogens with one attached hydrogen (secondary N) is 3. The van der Waals surface area contributed by atoms with Crippen LogP contribution in [-0.2, 0) is 19.2 Å². The molecule has 0 bridgehead atoms. The predicted molar refractivity (Wildman–Crippen MR) is 192 cm³/mol. The Kier molecular flexibility index (Phi) is 16.1. The molecular weight excluding hydrogens is 654 g/mol. The molecule has 51 heavy (non-hydrogen) atoms. The first-order valence-corrected chi connectivity index (χ1v) is 20.3. The highest BCUT2D eigenvalue weighted by Gasteiger charge is 2.54. The van der Waals surface area contributed by atoms with Crippen molar-refractivity contribution in [3.05, 3.63) is 0 Å². The van der Waals surface area contributed by atoms with Crippen molar-refractivity contribution in [2.24, 2.45) is 28.7 Å². The third-order valence-electron chi connectivity index (χ3n) is 12.0. The molecule has 0 radical (unpaired) electrons. The van der Waals surface area contributed by atoms with Crippen LogP contribution < -0.4 is 16.0 Å². The zero-order valence-corrected chi connectivity index (χ0v) is 30.6. The van der Waals surface area contributed by atoms with Gasteiger partial charge in [0.15, 0.2) is 0 Å². The van der Waals surface area contributed by atoms with Crippen LogP contribution in [0.5, 0.6) is 0 Å². The molecule has 5 aliphatic rings. The van der Waals surface area contributed by atoms with Crippen molar-refractivity contribution in [1.29, 1.82) is 0 Å². The van der Waals surface area contributed by atoms with Crippen LogP contribution in [0.25, 0.3) is 0 Å². The molecule has 1 unspecified atom stereocenters. The van der Waals surface area contributed by atoms with E-state index in [1.54, 1.807) is 0 Å². The second kappa shape index (κ2) is 20.9. The van der Waals surface area contributed by atoms with E-state index >= 15 is 0 Å². The first kappa shape index (κ1) is 39.3. The molecule has 5 amide bonds. The van der Waals surface area contributed by atoms with Crippen LogP contribution in [0.3, 0.4) is 0 Å². The van der Waals surface area contributed by atoms with Crippen molar-refractivity contribution in [3.63, 3.8) is 0 Å². The van der Waals surface area contributed by atoms with Gasteiger partial charge in [-0.25, -0.2) is 19.3 Å². The summed E-state index contributed by atoms with van der Waals surface area (Å²) in [5, 5.41) is 18.3. The number of alkyl carbamates (subject to hydrolysis) is 2. The fraction of sp³-hybridized carbons (Fsp3) is 0.868. The van der Waals surface area contributed by atoms with E-state index in [-0.39, 0.29) is 24.5 Å². The number of hydrogen-bond donors (Lipinski definition) is 4. The van der Waals surface area contributed by atoms with E-state index in [1.165, 1.54) is 24.2 Å². The van der Waals surface area contributed by atoms with Gasteiger partial charge in [0, 0.05) is 12.6 Å². The molecule has 0 aromatic heterocycles. The number of ether oxygens (including phenoxy) is 2. The molecule has 3 atom stereocenters. The Balaban J connectivity index is 1.19. The lowest BCUT2D eigenvalue weighted by molar-refractivity contribution is -0.300. The van der Waals surface area contributed by atoms with Gasteiger partial charge in [0.05, 0.1) is 25.2 Å². The van der Waals surface area contributed by atoms with E-state index in [0.29, 0.717) is 50.2 Å². The van der Waals surface area contributed by atoms with Crippen LogP contribution in [0.15, 0.2) is 4.99 Å². The Labute approximate surface area is 303 Å². The van der Waals surface area contributed by atoms with Gasteiger partial charge in [0.1, 0.15) is 6.10 Å². The molecule has 5 rings (SSSR count). The fourth-order valence-corrected chi connectivity index (χ4v) is 8.98. The number of imide groups is 1. The largest absolute Gasteiger partial charge is 0.449 e. The van der Waals surface area contributed by atoms with Gasteiger partial charge in [-0.3, -0.25) is 30.6 Å². The highest BCUT2D eigenvalue weighted by molar-refractivity contribution is 6.02. The average molecular weight is 718 g/mol. The normalized spacial score (nSPS) is 24.6. The lowest BCUT2D eigenvalue weighted by Crippen LogP contribution is -2.70. The van der Waals surface area contributed by atoms with Crippen LogP contribution in [0.4, 0.5) is 14.4 Å². The van der Waals surface area contributed by atoms with E-state index in [4.69, 9.17) is 14.4 Å². The molecule has 0 spiro atoms. The first-order valence-electron chi connectivity index (χ1n) is 20.3. The van der Waals surface area contributed by atoms with E-state index in [2.05, 4.69) is 20.9 Å². The van der Waals surface area contributed by atoms with Gasteiger partial charge in [0.25, 0.3) is 0 Å². The number of carbonyl (C=O) groups excluding carboxylic acids is 4. The van der Waals surface area contributed by atoms with Crippen LogP contribution in [0.2, 0.25) is 0 Å². The summed E-state index contributed by atoms with van der Waals surface area (Å²) in [4.78, 5) is 63.3. The minimum atomic E-state index is -0.689. The molecule has 13 nitrogen and oxygen atoms in total. The third-order valence-corrected chi connectivity index (χ3v) is 12.0. The number of rotatable bonds is 13. The maximum atomic E-state index is 13.5. The summed E-state index contributed by atoms with van der Waals surface area (Å²) >= 11 is 0. The van der Waals surface area contributed by atoms with Gasteiger partial charge in [-0.2, -0.15) is 0 Å². The van der Waals surface area contributed by atoms with Gasteiger partial charge < -0.3 is 14.8 Å². The van der Waals surface area contributed by atoms with Crippen LogP contribution >= 0.6 is 0 Å². The Bertz CT molecular complexity index is 1110. The SMILES string of the molecule is O=C(NC(=NCCC[C@H]1C(=O)N(C(=O)NC2CCCCC2)C1[C@H](CC1CCCCC1)OO)NC(=O)OCC1CCCCC1)OCC1CCCCC1. The fourth-order valence-electron chi connectivity index (χ4n) is 8.98. The van der Waals surface area contributed by atoms with E-state index in [1.807, 2.05) is 0 Å². The maximum Gasteiger partial charge on any atom is 0.413 e. The lowest BCUT2D eigenvalue weighted by atomic mass is 9.76. The summed E-state index contributed by atoms with van der Waals surface area (Å²) in [5.41, 5.74) is 0. The van der Waals surface area contributed by atoms with Crippen molar-refractivity contribution in [3.8, 4) is 0 Å². The lowest BCUT2D eigenvalue weighted by Gasteiger charge is -2.49. The quantitative estimate of drug-likeness (QED) is 0.0381. The van der Waals surface area contributed by atoms with Crippen molar-refractivity contribution in [2.75, 3.05) is 19.8 Å². The minimum absolute atomic E-state index is 0.0436. The van der Waals surface area contributed by atoms with Gasteiger partial charge in [0.2, 0.25) is 11.9 Å². The molecule has 1 saturated heterocycles. The second-order valence-corrected chi connectivity index (χ2v) is 15.8. The number of hydrogen-bond acceptors (Lipinski definition) is 9. The zero-order valence-electron chi connectivity index (χ0n) is 30.6. The standard InChI is InChI=1S/C38H63N5O8/c44-34-31(33(32(51-48)24-27-14-5-1-6-15-27)43(34)36(45)40-30-20-11-4-12-21-30)22-13-23-39-35(41-37(46)49-25-28-16-7-2-8-17-28)42-38(47)50-26-29-18-9-3-10-19-29/h27-33,48H,1-26H2,(H,40,45)(H2,39,41,42,46,47)/t31-,32+,33?/m1/s1. The molecule has 1 aliphatic heterocycles.